The van der Waals surface area contributed by atoms with Crippen LogP contribution in [-0.2, 0) is 14.3 Å². The Morgan fingerprint density at radius 2 is 0.543 bits per heavy atom. The van der Waals surface area contributed by atoms with Crippen LogP contribution in [0.2, 0.25) is 0 Å². The van der Waals surface area contributed by atoms with Gasteiger partial charge in [-0.15, -0.1) is 0 Å². The van der Waals surface area contributed by atoms with E-state index < -0.39 is 12.1 Å². The summed E-state index contributed by atoms with van der Waals surface area (Å²) in [5.74, 6) is -0.0131. The third-order valence-electron chi connectivity index (χ3n) is 19.9. The fourth-order valence-electron chi connectivity index (χ4n) is 13.5. The van der Waals surface area contributed by atoms with E-state index in [1.807, 2.05) is 0 Å². The van der Waals surface area contributed by atoms with E-state index in [0.717, 1.165) is 51.4 Å². The second kappa shape index (κ2) is 81.5. The van der Waals surface area contributed by atoms with Crippen molar-refractivity contribution in [3.63, 3.8) is 0 Å². The number of allylic oxidation sites excluding steroid dienone is 6. The lowest BCUT2D eigenvalue weighted by Crippen LogP contribution is -2.45. The zero-order valence-corrected chi connectivity index (χ0v) is 62.6. The van der Waals surface area contributed by atoms with Gasteiger partial charge in [0.1, 0.15) is 0 Å². The minimum Gasteiger partial charge on any atom is -0.466 e. The van der Waals surface area contributed by atoms with Crippen molar-refractivity contribution in [3.8, 4) is 0 Å². The lowest BCUT2D eigenvalue weighted by Gasteiger charge is -2.22. The standard InChI is InChI=1S/C86H165NO5/c1-3-5-7-9-11-13-15-17-19-21-22-44-47-50-54-58-62-66-70-74-78-84(89)83(82-88)87-85(90)79-75-71-67-63-59-55-51-48-45-42-40-38-36-34-32-30-28-26-24-23-25-27-29-31-33-35-37-39-41-43-46-49-53-57-61-65-69-73-77-81-92-86(91)80-76-72-68-64-60-56-52-20-18-16-14-12-10-8-6-4-2/h20,23-24,27,29,52,83-84,88-89H,3-19,21-22,25-26,28,30-51,53-82H2,1-2H3,(H,87,90)/b24-23-,29-27-,52-20-. The second-order valence-corrected chi connectivity index (χ2v) is 29.2. The van der Waals surface area contributed by atoms with Crippen molar-refractivity contribution in [3.05, 3.63) is 36.5 Å². The van der Waals surface area contributed by atoms with Crippen LogP contribution in [0.1, 0.15) is 476 Å². The van der Waals surface area contributed by atoms with Gasteiger partial charge in [-0.3, -0.25) is 9.59 Å². The number of aliphatic hydroxyl groups excluding tert-OH is 2. The molecule has 0 rings (SSSR count). The van der Waals surface area contributed by atoms with E-state index in [2.05, 4.69) is 55.6 Å². The van der Waals surface area contributed by atoms with Gasteiger partial charge in [-0.05, 0) is 83.5 Å². The molecule has 0 saturated carbocycles. The molecular formula is C86H165NO5. The molecule has 2 atom stereocenters. The van der Waals surface area contributed by atoms with E-state index in [-0.39, 0.29) is 18.5 Å². The van der Waals surface area contributed by atoms with E-state index >= 15 is 0 Å². The van der Waals surface area contributed by atoms with Gasteiger partial charge in [0.05, 0.1) is 25.4 Å². The third-order valence-corrected chi connectivity index (χ3v) is 19.9. The summed E-state index contributed by atoms with van der Waals surface area (Å²) in [6, 6.07) is -0.540. The molecule has 1 amide bonds. The number of rotatable bonds is 80. The summed E-state index contributed by atoms with van der Waals surface area (Å²) in [6.45, 7) is 5.00. The van der Waals surface area contributed by atoms with E-state index in [4.69, 9.17) is 4.74 Å². The highest BCUT2D eigenvalue weighted by Gasteiger charge is 2.20. The molecule has 0 radical (unpaired) electrons. The molecule has 0 aliphatic rings. The normalized spacial score (nSPS) is 12.6. The van der Waals surface area contributed by atoms with Gasteiger partial charge in [0.25, 0.3) is 0 Å². The zero-order valence-electron chi connectivity index (χ0n) is 62.6. The smallest absolute Gasteiger partial charge is 0.305 e. The SMILES string of the molecule is CCCCCCCCC/C=C\CCCCCCCC(=O)OCCCCCCCCCCCCCCCCC/C=C\C/C=C\CCCCCCCCCCCCCCCCCCCC(=O)NC(CO)C(O)CCCCCCCCCCCCCCCCCCCCCC. The Morgan fingerprint density at radius 1 is 0.304 bits per heavy atom. The fraction of sp³-hybridized carbons (Fsp3) is 0.907. The Bertz CT molecular complexity index is 1490. The second-order valence-electron chi connectivity index (χ2n) is 29.2. The van der Waals surface area contributed by atoms with E-state index in [1.54, 1.807) is 0 Å². The molecule has 0 aromatic rings. The van der Waals surface area contributed by atoms with Crippen LogP contribution < -0.4 is 5.32 Å². The first-order valence-corrected chi connectivity index (χ1v) is 42.2. The van der Waals surface area contributed by atoms with Crippen molar-refractivity contribution in [2.75, 3.05) is 13.2 Å². The first-order chi connectivity index (χ1) is 45.5. The van der Waals surface area contributed by atoms with Gasteiger partial charge >= 0.3 is 5.97 Å². The molecule has 0 aromatic heterocycles. The number of nitrogens with one attached hydrogen (secondary N) is 1. The molecule has 92 heavy (non-hydrogen) atoms. The predicted molar refractivity (Wildman–Crippen MR) is 407 cm³/mol. The van der Waals surface area contributed by atoms with Gasteiger partial charge in [0.15, 0.2) is 0 Å². The van der Waals surface area contributed by atoms with Gasteiger partial charge in [-0.1, -0.05) is 416 Å². The third kappa shape index (κ3) is 77.1. The average molecular weight is 1290 g/mol. The lowest BCUT2D eigenvalue weighted by atomic mass is 10.0. The van der Waals surface area contributed by atoms with Gasteiger partial charge in [-0.25, -0.2) is 0 Å². The molecule has 0 aromatic carbocycles. The molecular weight excluding hydrogens is 1130 g/mol. The molecule has 544 valence electrons. The topological polar surface area (TPSA) is 95.9 Å². The number of unbranched alkanes of at least 4 members (excludes halogenated alkanes) is 63. The lowest BCUT2D eigenvalue weighted by molar-refractivity contribution is -0.143. The molecule has 0 heterocycles. The molecule has 6 heteroatoms. The minimum atomic E-state index is -0.663. The van der Waals surface area contributed by atoms with Crippen molar-refractivity contribution in [1.29, 1.82) is 0 Å². The number of carbonyl (C=O) groups excluding carboxylic acids is 2. The van der Waals surface area contributed by atoms with Crippen molar-refractivity contribution in [2.24, 2.45) is 0 Å². The number of hydrogen-bond acceptors (Lipinski definition) is 5. The molecule has 0 bridgehead atoms. The van der Waals surface area contributed by atoms with Crippen LogP contribution in [-0.4, -0.2) is 47.4 Å². The summed E-state index contributed by atoms with van der Waals surface area (Å²) in [4.78, 5) is 24.7. The molecule has 0 fully saturated rings. The summed E-state index contributed by atoms with van der Waals surface area (Å²) >= 11 is 0. The van der Waals surface area contributed by atoms with Gasteiger partial charge < -0.3 is 20.3 Å². The Balaban J connectivity index is 3.35. The van der Waals surface area contributed by atoms with Crippen molar-refractivity contribution < 1.29 is 24.5 Å². The van der Waals surface area contributed by atoms with Gasteiger partial charge in [0.2, 0.25) is 5.91 Å². The van der Waals surface area contributed by atoms with Crippen LogP contribution in [0, 0.1) is 0 Å². The molecule has 0 spiro atoms. The van der Waals surface area contributed by atoms with Crippen LogP contribution in [0.25, 0.3) is 0 Å². The largest absolute Gasteiger partial charge is 0.466 e. The Labute approximate surface area is 576 Å². The molecule has 2 unspecified atom stereocenters. The van der Waals surface area contributed by atoms with Crippen molar-refractivity contribution >= 4 is 11.9 Å². The summed E-state index contributed by atoms with van der Waals surface area (Å²) in [6.07, 6.45) is 107. The number of ether oxygens (including phenoxy) is 1. The Hall–Kier alpha value is -1.92. The minimum absolute atomic E-state index is 0.0138. The quantitative estimate of drug-likeness (QED) is 0.0320. The molecule has 6 nitrogen and oxygen atoms in total. The number of aliphatic hydroxyl groups is 2. The van der Waals surface area contributed by atoms with Crippen LogP contribution in [0.15, 0.2) is 36.5 Å². The highest BCUT2D eigenvalue weighted by molar-refractivity contribution is 5.76. The number of hydrogen-bond donors (Lipinski definition) is 3. The Kier molecular flexibility index (Phi) is 79.8. The van der Waals surface area contributed by atoms with Gasteiger partial charge in [-0.2, -0.15) is 0 Å². The summed E-state index contributed by atoms with van der Waals surface area (Å²) in [5, 5.41) is 23.5. The van der Waals surface area contributed by atoms with E-state index in [9.17, 15) is 19.8 Å². The predicted octanol–water partition coefficient (Wildman–Crippen LogP) is 28.2. The number of carbonyl (C=O) groups is 2. The average Bonchev–Trinajstić information content (AvgIpc) is 3.57. The van der Waals surface area contributed by atoms with Crippen LogP contribution in [0.3, 0.4) is 0 Å². The first kappa shape index (κ1) is 90.1. The highest BCUT2D eigenvalue weighted by atomic mass is 16.5. The Morgan fingerprint density at radius 3 is 0.837 bits per heavy atom. The van der Waals surface area contributed by atoms with Crippen molar-refractivity contribution in [2.45, 2.75) is 488 Å². The summed E-state index contributed by atoms with van der Waals surface area (Å²) < 4.78 is 5.50. The maximum Gasteiger partial charge on any atom is 0.305 e. The van der Waals surface area contributed by atoms with E-state index in [0.29, 0.717) is 25.9 Å². The highest BCUT2D eigenvalue weighted by Crippen LogP contribution is 2.20. The van der Waals surface area contributed by atoms with Crippen molar-refractivity contribution in [1.82, 2.24) is 5.32 Å². The molecule has 0 aliphatic carbocycles. The first-order valence-electron chi connectivity index (χ1n) is 42.2. The summed E-state index contributed by atoms with van der Waals surface area (Å²) in [7, 11) is 0. The maximum absolute atomic E-state index is 12.6. The monoisotopic (exact) mass is 1290 g/mol. The van der Waals surface area contributed by atoms with E-state index in [1.165, 1.54) is 392 Å². The fourth-order valence-corrected chi connectivity index (χ4v) is 13.5. The van der Waals surface area contributed by atoms with Crippen LogP contribution in [0.5, 0.6) is 0 Å². The number of esters is 1. The number of amides is 1. The molecule has 3 N–H and O–H groups in total. The van der Waals surface area contributed by atoms with Crippen LogP contribution in [0.4, 0.5) is 0 Å². The summed E-state index contributed by atoms with van der Waals surface area (Å²) in [5.41, 5.74) is 0. The maximum atomic E-state index is 12.6. The zero-order chi connectivity index (χ0) is 66.3. The van der Waals surface area contributed by atoms with Gasteiger partial charge in [0, 0.05) is 12.8 Å². The molecule has 0 saturated heterocycles. The van der Waals surface area contributed by atoms with Crippen LogP contribution >= 0.6 is 0 Å². The molecule has 0 aliphatic heterocycles.